The van der Waals surface area contributed by atoms with Gasteiger partial charge in [0.2, 0.25) is 0 Å². The lowest BCUT2D eigenvalue weighted by molar-refractivity contribution is 0.256. The summed E-state index contributed by atoms with van der Waals surface area (Å²) < 4.78 is 0. The molecule has 0 bridgehead atoms. The summed E-state index contributed by atoms with van der Waals surface area (Å²) in [6.07, 6.45) is 2.30. The molecule has 0 aromatic heterocycles. The van der Waals surface area contributed by atoms with E-state index in [9.17, 15) is 0 Å². The van der Waals surface area contributed by atoms with Crippen LogP contribution in [0.25, 0.3) is 0 Å². The van der Waals surface area contributed by atoms with Crippen LogP contribution in [0.4, 0.5) is 0 Å². The Morgan fingerprint density at radius 1 is 1.36 bits per heavy atom. The molecule has 0 radical (unpaired) electrons. The molecule has 3 heteroatoms. The third-order valence-corrected chi connectivity index (χ3v) is 3.40. The largest absolute Gasteiger partial charge is 0.324 e. The molecule has 0 spiro atoms. The standard InChI is InChI=1S/C11H25N3/c1-4-14(5-2)9-7-11(12)6-8-13(3)10-11/h4-10,12H2,1-3H3. The zero-order chi connectivity index (χ0) is 10.6. The van der Waals surface area contributed by atoms with Crippen LogP contribution in [0.1, 0.15) is 26.7 Å². The maximum absolute atomic E-state index is 6.34. The predicted molar refractivity (Wildman–Crippen MR) is 61.4 cm³/mol. The highest BCUT2D eigenvalue weighted by molar-refractivity contribution is 4.93. The van der Waals surface area contributed by atoms with E-state index >= 15 is 0 Å². The molecule has 0 aromatic rings. The molecule has 1 aliphatic heterocycles. The third-order valence-electron chi connectivity index (χ3n) is 3.40. The Balaban J connectivity index is 2.29. The molecule has 0 amide bonds. The van der Waals surface area contributed by atoms with Crippen molar-refractivity contribution in [2.24, 2.45) is 5.73 Å². The first-order chi connectivity index (χ1) is 6.59. The quantitative estimate of drug-likeness (QED) is 0.709. The molecule has 1 aliphatic rings. The van der Waals surface area contributed by atoms with Crippen LogP contribution in [-0.4, -0.2) is 55.1 Å². The lowest BCUT2D eigenvalue weighted by Crippen LogP contribution is -2.45. The molecule has 1 unspecified atom stereocenters. The van der Waals surface area contributed by atoms with Gasteiger partial charge in [-0.15, -0.1) is 0 Å². The van der Waals surface area contributed by atoms with Gasteiger partial charge < -0.3 is 15.5 Å². The van der Waals surface area contributed by atoms with Crippen LogP contribution in [0.2, 0.25) is 0 Å². The summed E-state index contributed by atoms with van der Waals surface area (Å²) in [6.45, 7) is 10.1. The van der Waals surface area contributed by atoms with Gasteiger partial charge >= 0.3 is 0 Å². The summed E-state index contributed by atoms with van der Waals surface area (Å²) in [5.41, 5.74) is 6.42. The normalized spacial score (nSPS) is 28.9. The Kier molecular flexibility index (Phi) is 4.35. The molecule has 0 aliphatic carbocycles. The molecule has 84 valence electrons. The van der Waals surface area contributed by atoms with Gasteiger partial charge in [-0.2, -0.15) is 0 Å². The number of nitrogens with two attached hydrogens (primary N) is 1. The molecule has 1 rings (SSSR count). The number of rotatable bonds is 5. The average molecular weight is 199 g/mol. The Labute approximate surface area is 88.2 Å². The Morgan fingerprint density at radius 3 is 2.43 bits per heavy atom. The first-order valence-corrected chi connectivity index (χ1v) is 5.79. The lowest BCUT2D eigenvalue weighted by atomic mass is 9.95. The summed E-state index contributed by atoms with van der Waals surface area (Å²) in [5.74, 6) is 0. The Hall–Kier alpha value is -0.120. The monoisotopic (exact) mass is 199 g/mol. The second-order valence-electron chi connectivity index (χ2n) is 4.63. The van der Waals surface area contributed by atoms with Crippen LogP contribution >= 0.6 is 0 Å². The summed E-state index contributed by atoms with van der Waals surface area (Å²) in [5, 5.41) is 0. The van der Waals surface area contributed by atoms with Crippen LogP contribution in [0, 0.1) is 0 Å². The first kappa shape index (κ1) is 12.0. The van der Waals surface area contributed by atoms with E-state index in [1.54, 1.807) is 0 Å². The van der Waals surface area contributed by atoms with E-state index in [1.165, 1.54) is 0 Å². The maximum atomic E-state index is 6.34. The molecule has 0 saturated carbocycles. The van der Waals surface area contributed by atoms with Crippen molar-refractivity contribution in [3.63, 3.8) is 0 Å². The number of hydrogen-bond donors (Lipinski definition) is 1. The van der Waals surface area contributed by atoms with Crippen LogP contribution in [0.15, 0.2) is 0 Å². The van der Waals surface area contributed by atoms with Gasteiger partial charge in [0.15, 0.2) is 0 Å². The van der Waals surface area contributed by atoms with Crippen molar-refractivity contribution in [2.45, 2.75) is 32.2 Å². The maximum Gasteiger partial charge on any atom is 0.0307 e. The Bertz CT molecular complexity index is 168. The fourth-order valence-electron chi connectivity index (χ4n) is 2.23. The van der Waals surface area contributed by atoms with Crippen LogP contribution in [0.3, 0.4) is 0 Å². The molecule has 2 N–H and O–H groups in total. The number of nitrogens with zero attached hydrogens (tertiary/aromatic N) is 2. The van der Waals surface area contributed by atoms with Crippen molar-refractivity contribution in [3.8, 4) is 0 Å². The zero-order valence-corrected chi connectivity index (χ0v) is 9.92. The van der Waals surface area contributed by atoms with Crippen LogP contribution < -0.4 is 5.73 Å². The van der Waals surface area contributed by atoms with Crippen LogP contribution in [-0.2, 0) is 0 Å². The second kappa shape index (κ2) is 5.10. The number of hydrogen-bond acceptors (Lipinski definition) is 3. The van der Waals surface area contributed by atoms with Gasteiger partial charge in [0.25, 0.3) is 0 Å². The fraction of sp³-hybridized carbons (Fsp3) is 1.00. The van der Waals surface area contributed by atoms with Crippen LogP contribution in [0.5, 0.6) is 0 Å². The molecule has 3 nitrogen and oxygen atoms in total. The van der Waals surface area contributed by atoms with Crippen molar-refractivity contribution in [1.29, 1.82) is 0 Å². The summed E-state index contributed by atoms with van der Waals surface area (Å²) >= 11 is 0. The van der Waals surface area contributed by atoms with Crippen molar-refractivity contribution in [2.75, 3.05) is 39.8 Å². The predicted octanol–water partition coefficient (Wildman–Crippen LogP) is 0.751. The van der Waals surface area contributed by atoms with Gasteiger partial charge in [-0.3, -0.25) is 0 Å². The molecule has 1 heterocycles. The van der Waals surface area contributed by atoms with Gasteiger partial charge in [0.1, 0.15) is 0 Å². The van der Waals surface area contributed by atoms with E-state index in [2.05, 4.69) is 30.7 Å². The molecule has 1 atom stereocenters. The van der Waals surface area contributed by atoms with Crippen molar-refractivity contribution in [1.82, 2.24) is 9.80 Å². The minimum Gasteiger partial charge on any atom is -0.324 e. The highest BCUT2D eigenvalue weighted by atomic mass is 15.2. The van der Waals surface area contributed by atoms with Gasteiger partial charge in [-0.05, 0) is 46.1 Å². The van der Waals surface area contributed by atoms with E-state index in [0.29, 0.717) is 0 Å². The van der Waals surface area contributed by atoms with Crippen molar-refractivity contribution < 1.29 is 0 Å². The molecular weight excluding hydrogens is 174 g/mol. The van der Waals surface area contributed by atoms with E-state index < -0.39 is 0 Å². The van der Waals surface area contributed by atoms with E-state index in [-0.39, 0.29) is 5.54 Å². The van der Waals surface area contributed by atoms with Gasteiger partial charge in [-0.1, -0.05) is 13.8 Å². The third kappa shape index (κ3) is 3.23. The van der Waals surface area contributed by atoms with Crippen molar-refractivity contribution in [3.05, 3.63) is 0 Å². The second-order valence-corrected chi connectivity index (χ2v) is 4.63. The zero-order valence-electron chi connectivity index (χ0n) is 9.92. The smallest absolute Gasteiger partial charge is 0.0307 e. The SMILES string of the molecule is CCN(CC)CCC1(N)CCN(C)C1. The lowest BCUT2D eigenvalue weighted by Gasteiger charge is -2.27. The molecule has 0 aromatic carbocycles. The number of likely N-dealkylation sites (N-methyl/N-ethyl adjacent to an activating group) is 1. The summed E-state index contributed by atoms with van der Waals surface area (Å²) in [7, 11) is 2.16. The topological polar surface area (TPSA) is 32.5 Å². The van der Waals surface area contributed by atoms with Gasteiger partial charge in [0, 0.05) is 12.1 Å². The van der Waals surface area contributed by atoms with Gasteiger partial charge in [-0.25, -0.2) is 0 Å². The average Bonchev–Trinajstić information content (AvgIpc) is 2.49. The molecule has 14 heavy (non-hydrogen) atoms. The molecule has 1 fully saturated rings. The van der Waals surface area contributed by atoms with Gasteiger partial charge in [0.05, 0.1) is 0 Å². The van der Waals surface area contributed by atoms with E-state index in [1.807, 2.05) is 0 Å². The summed E-state index contributed by atoms with van der Waals surface area (Å²) in [4.78, 5) is 4.79. The Morgan fingerprint density at radius 2 is 2.00 bits per heavy atom. The first-order valence-electron chi connectivity index (χ1n) is 5.79. The number of likely N-dealkylation sites (tertiary alicyclic amines) is 1. The highest BCUT2D eigenvalue weighted by Crippen LogP contribution is 2.20. The van der Waals surface area contributed by atoms with Crippen molar-refractivity contribution >= 4 is 0 Å². The highest BCUT2D eigenvalue weighted by Gasteiger charge is 2.32. The van der Waals surface area contributed by atoms with E-state index in [0.717, 1.165) is 45.6 Å². The fourth-order valence-corrected chi connectivity index (χ4v) is 2.23. The minimum atomic E-state index is 0.0807. The minimum absolute atomic E-state index is 0.0807. The molecular formula is C11H25N3. The molecule has 1 saturated heterocycles. The van der Waals surface area contributed by atoms with E-state index in [4.69, 9.17) is 5.73 Å². The summed E-state index contributed by atoms with van der Waals surface area (Å²) in [6, 6.07) is 0.